The molecule has 1 aromatic rings. The molecule has 0 radical (unpaired) electrons. The van der Waals surface area contributed by atoms with Crippen molar-refractivity contribution < 1.29 is 5.11 Å². The van der Waals surface area contributed by atoms with Crippen molar-refractivity contribution >= 4 is 11.6 Å². The van der Waals surface area contributed by atoms with Gasteiger partial charge < -0.3 is 16.2 Å². The van der Waals surface area contributed by atoms with Crippen LogP contribution in [0.25, 0.3) is 0 Å². The number of aliphatic hydroxyl groups excluding tert-OH is 1. The number of anilines is 2. The van der Waals surface area contributed by atoms with Gasteiger partial charge in [0.1, 0.15) is 18.0 Å². The van der Waals surface area contributed by atoms with Gasteiger partial charge in [0, 0.05) is 12.1 Å². The molecule has 90 valence electrons. The minimum atomic E-state index is -0.247. The number of nitrogen functional groups attached to an aromatic ring is 1. The van der Waals surface area contributed by atoms with Crippen molar-refractivity contribution in [2.45, 2.75) is 39.2 Å². The molecule has 1 rings (SSSR count). The van der Waals surface area contributed by atoms with Crippen LogP contribution in [-0.2, 0) is 6.42 Å². The molecule has 0 amide bonds. The first kappa shape index (κ1) is 12.7. The van der Waals surface area contributed by atoms with Gasteiger partial charge in [-0.25, -0.2) is 9.97 Å². The number of rotatable bonds is 6. The van der Waals surface area contributed by atoms with E-state index in [4.69, 9.17) is 10.8 Å². The molecule has 5 nitrogen and oxygen atoms in total. The zero-order valence-corrected chi connectivity index (χ0v) is 9.90. The first-order chi connectivity index (χ1) is 7.65. The lowest BCUT2D eigenvalue weighted by atomic mass is 10.2. The summed E-state index contributed by atoms with van der Waals surface area (Å²) in [5.74, 6) is 1.34. The molecule has 16 heavy (non-hydrogen) atoms. The normalized spacial score (nSPS) is 12.4. The maximum atomic E-state index is 9.12. The van der Waals surface area contributed by atoms with Crippen molar-refractivity contribution in [3.63, 3.8) is 0 Å². The van der Waals surface area contributed by atoms with Crippen LogP contribution in [0.15, 0.2) is 6.33 Å². The molecule has 0 saturated carbocycles. The SMILES string of the molecule is CCc1c(N)ncnc1NCCCC(C)O. The van der Waals surface area contributed by atoms with Gasteiger partial charge in [0.05, 0.1) is 6.10 Å². The Kier molecular flexibility index (Phi) is 4.98. The number of hydrogen-bond donors (Lipinski definition) is 3. The van der Waals surface area contributed by atoms with Crippen LogP contribution in [0, 0.1) is 0 Å². The predicted molar refractivity (Wildman–Crippen MR) is 65.2 cm³/mol. The van der Waals surface area contributed by atoms with Crippen LogP contribution in [0.4, 0.5) is 11.6 Å². The lowest BCUT2D eigenvalue weighted by Crippen LogP contribution is -2.10. The van der Waals surface area contributed by atoms with Crippen molar-refractivity contribution in [1.29, 1.82) is 0 Å². The number of aromatic nitrogens is 2. The molecule has 0 saturated heterocycles. The molecule has 0 bridgehead atoms. The molecular weight excluding hydrogens is 204 g/mol. The number of nitrogens with zero attached hydrogens (tertiary/aromatic N) is 2. The van der Waals surface area contributed by atoms with Gasteiger partial charge in [0.25, 0.3) is 0 Å². The summed E-state index contributed by atoms with van der Waals surface area (Å²) in [6.07, 6.45) is 3.72. The fraction of sp³-hybridized carbons (Fsp3) is 0.636. The van der Waals surface area contributed by atoms with Gasteiger partial charge in [-0.1, -0.05) is 6.92 Å². The average Bonchev–Trinajstić information content (AvgIpc) is 2.24. The number of nitrogens with two attached hydrogens (primary N) is 1. The first-order valence-corrected chi connectivity index (χ1v) is 5.66. The molecule has 0 spiro atoms. The van der Waals surface area contributed by atoms with Crippen LogP contribution in [0.1, 0.15) is 32.3 Å². The molecule has 0 aromatic carbocycles. The highest BCUT2D eigenvalue weighted by Gasteiger charge is 2.06. The highest BCUT2D eigenvalue weighted by molar-refractivity contribution is 5.54. The van der Waals surface area contributed by atoms with Gasteiger partial charge >= 0.3 is 0 Å². The van der Waals surface area contributed by atoms with E-state index in [9.17, 15) is 0 Å². The Hall–Kier alpha value is -1.36. The standard InChI is InChI=1S/C11H20N4O/c1-3-9-10(12)14-7-15-11(9)13-6-4-5-8(2)16/h7-8,16H,3-6H2,1-2H3,(H3,12,13,14,15). The van der Waals surface area contributed by atoms with E-state index in [2.05, 4.69) is 15.3 Å². The van der Waals surface area contributed by atoms with Gasteiger partial charge in [-0.3, -0.25) is 0 Å². The highest BCUT2D eigenvalue weighted by atomic mass is 16.3. The monoisotopic (exact) mass is 224 g/mol. The van der Waals surface area contributed by atoms with E-state index in [1.165, 1.54) is 6.33 Å². The summed E-state index contributed by atoms with van der Waals surface area (Å²) in [4.78, 5) is 8.12. The maximum absolute atomic E-state index is 9.12. The van der Waals surface area contributed by atoms with Crippen molar-refractivity contribution in [3.8, 4) is 0 Å². The third-order valence-electron chi connectivity index (χ3n) is 2.42. The van der Waals surface area contributed by atoms with Crippen LogP contribution in [-0.4, -0.2) is 27.7 Å². The lowest BCUT2D eigenvalue weighted by Gasteiger charge is -2.11. The number of hydrogen-bond acceptors (Lipinski definition) is 5. The van der Waals surface area contributed by atoms with Crippen molar-refractivity contribution in [2.75, 3.05) is 17.6 Å². The molecule has 1 atom stereocenters. The van der Waals surface area contributed by atoms with Gasteiger partial charge in [-0.05, 0) is 26.2 Å². The molecule has 4 N–H and O–H groups in total. The summed E-state index contributed by atoms with van der Waals surface area (Å²) < 4.78 is 0. The second-order valence-corrected chi connectivity index (χ2v) is 3.86. The zero-order chi connectivity index (χ0) is 12.0. The van der Waals surface area contributed by atoms with E-state index in [1.54, 1.807) is 6.92 Å². The molecule has 1 heterocycles. The number of aliphatic hydroxyl groups is 1. The van der Waals surface area contributed by atoms with Gasteiger partial charge in [-0.2, -0.15) is 0 Å². The third-order valence-corrected chi connectivity index (χ3v) is 2.42. The molecule has 0 aliphatic rings. The van der Waals surface area contributed by atoms with E-state index < -0.39 is 0 Å². The summed E-state index contributed by atoms with van der Waals surface area (Å²) in [6, 6.07) is 0. The summed E-state index contributed by atoms with van der Waals surface area (Å²) in [7, 11) is 0. The van der Waals surface area contributed by atoms with E-state index in [0.29, 0.717) is 5.82 Å². The smallest absolute Gasteiger partial charge is 0.134 e. The summed E-state index contributed by atoms with van der Waals surface area (Å²) in [5.41, 5.74) is 6.71. The van der Waals surface area contributed by atoms with Crippen LogP contribution in [0.2, 0.25) is 0 Å². The summed E-state index contributed by atoms with van der Waals surface area (Å²) in [5, 5.41) is 12.3. The van der Waals surface area contributed by atoms with Gasteiger partial charge in [0.15, 0.2) is 0 Å². The van der Waals surface area contributed by atoms with Gasteiger partial charge in [0.2, 0.25) is 0 Å². The minimum Gasteiger partial charge on any atom is -0.393 e. The fourth-order valence-corrected chi connectivity index (χ4v) is 1.53. The first-order valence-electron chi connectivity index (χ1n) is 5.66. The Labute approximate surface area is 96.1 Å². The second-order valence-electron chi connectivity index (χ2n) is 3.86. The third kappa shape index (κ3) is 3.66. The molecule has 1 aromatic heterocycles. The predicted octanol–water partition coefficient (Wildman–Crippen LogP) is 1.19. The zero-order valence-electron chi connectivity index (χ0n) is 9.90. The Morgan fingerprint density at radius 2 is 2.25 bits per heavy atom. The second kappa shape index (κ2) is 6.27. The minimum absolute atomic E-state index is 0.247. The average molecular weight is 224 g/mol. The van der Waals surface area contributed by atoms with Crippen molar-refractivity contribution in [3.05, 3.63) is 11.9 Å². The largest absolute Gasteiger partial charge is 0.393 e. The van der Waals surface area contributed by atoms with Crippen molar-refractivity contribution in [1.82, 2.24) is 9.97 Å². The molecule has 0 aliphatic carbocycles. The van der Waals surface area contributed by atoms with Crippen LogP contribution >= 0.6 is 0 Å². The quantitative estimate of drug-likeness (QED) is 0.632. The topological polar surface area (TPSA) is 84.1 Å². The molecule has 0 fully saturated rings. The highest BCUT2D eigenvalue weighted by Crippen LogP contribution is 2.17. The molecular formula is C11H20N4O. The summed E-state index contributed by atoms with van der Waals surface area (Å²) in [6.45, 7) is 4.60. The van der Waals surface area contributed by atoms with E-state index in [-0.39, 0.29) is 6.10 Å². The summed E-state index contributed by atoms with van der Waals surface area (Å²) >= 11 is 0. The van der Waals surface area contributed by atoms with Crippen LogP contribution < -0.4 is 11.1 Å². The van der Waals surface area contributed by atoms with Gasteiger partial charge in [-0.15, -0.1) is 0 Å². The Morgan fingerprint density at radius 3 is 2.88 bits per heavy atom. The molecule has 0 aliphatic heterocycles. The lowest BCUT2D eigenvalue weighted by molar-refractivity contribution is 0.183. The fourth-order valence-electron chi connectivity index (χ4n) is 1.53. The van der Waals surface area contributed by atoms with Crippen LogP contribution in [0.5, 0.6) is 0 Å². The van der Waals surface area contributed by atoms with E-state index in [0.717, 1.165) is 37.2 Å². The van der Waals surface area contributed by atoms with Crippen molar-refractivity contribution in [2.24, 2.45) is 0 Å². The molecule has 1 unspecified atom stereocenters. The Bertz CT molecular complexity index is 328. The Morgan fingerprint density at radius 1 is 1.50 bits per heavy atom. The van der Waals surface area contributed by atoms with E-state index >= 15 is 0 Å². The molecule has 5 heteroatoms. The maximum Gasteiger partial charge on any atom is 0.134 e. The number of nitrogens with one attached hydrogen (secondary N) is 1. The Balaban J connectivity index is 2.50. The van der Waals surface area contributed by atoms with E-state index in [1.807, 2.05) is 6.92 Å². The van der Waals surface area contributed by atoms with Crippen LogP contribution in [0.3, 0.4) is 0 Å².